The molecule has 1 amide bonds. The second kappa shape index (κ2) is 8.20. The van der Waals surface area contributed by atoms with Crippen LogP contribution in [0.3, 0.4) is 0 Å². The Bertz CT molecular complexity index is 1160. The number of benzene rings is 1. The Kier molecular flexibility index (Phi) is 5.71. The number of amides is 1. The van der Waals surface area contributed by atoms with E-state index in [1.807, 2.05) is 0 Å². The van der Waals surface area contributed by atoms with E-state index in [4.69, 9.17) is 0 Å². The molecule has 2 aliphatic rings. The fraction of sp³-hybridized carbons (Fsp3) is 0.421. The Balaban J connectivity index is 1.56. The molecule has 1 aromatic carbocycles. The van der Waals surface area contributed by atoms with Gasteiger partial charge in [0, 0.05) is 37.2 Å². The summed E-state index contributed by atoms with van der Waals surface area (Å²) in [5.41, 5.74) is 1.06. The minimum absolute atomic E-state index is 0.0112. The summed E-state index contributed by atoms with van der Waals surface area (Å²) in [7, 11) is -3.38. The minimum atomic E-state index is -4.64. The van der Waals surface area contributed by atoms with E-state index in [1.54, 1.807) is 18.2 Å². The molecule has 0 saturated carbocycles. The lowest BCUT2D eigenvalue weighted by molar-refractivity contribution is -0.137. The highest BCUT2D eigenvalue weighted by Gasteiger charge is 2.38. The van der Waals surface area contributed by atoms with Crippen LogP contribution < -0.4 is 20.3 Å². The van der Waals surface area contributed by atoms with Gasteiger partial charge in [0.25, 0.3) is 0 Å². The maximum absolute atomic E-state index is 13.6. The van der Waals surface area contributed by atoms with Crippen LogP contribution >= 0.6 is 0 Å². The number of anilines is 4. The third-order valence-corrected chi connectivity index (χ3v) is 5.97. The predicted molar refractivity (Wildman–Crippen MR) is 112 cm³/mol. The van der Waals surface area contributed by atoms with Crippen LogP contribution in [0, 0.1) is 5.92 Å². The third-order valence-electron chi connectivity index (χ3n) is 5.28. The van der Waals surface area contributed by atoms with Gasteiger partial charge in [-0.1, -0.05) is 0 Å². The molecule has 0 spiro atoms. The van der Waals surface area contributed by atoms with Gasteiger partial charge in [-0.2, -0.15) is 18.2 Å². The SMILES string of the molecule is CS(=O)(=O)NC[C@@H]1CCN(c2nc(Nc3ccc4c(c3)CC(=O)N4)ncc2C(F)(F)F)C1. The summed E-state index contributed by atoms with van der Waals surface area (Å²) in [6, 6.07) is 5.10. The van der Waals surface area contributed by atoms with Crippen LogP contribution in [0.1, 0.15) is 17.5 Å². The van der Waals surface area contributed by atoms with Crippen LogP contribution in [0.2, 0.25) is 0 Å². The first-order valence-corrected chi connectivity index (χ1v) is 11.7. The molecule has 1 aromatic heterocycles. The number of nitrogens with zero attached hydrogens (tertiary/aromatic N) is 3. The summed E-state index contributed by atoms with van der Waals surface area (Å²) < 4.78 is 65.8. The van der Waals surface area contributed by atoms with Crippen molar-refractivity contribution < 1.29 is 26.4 Å². The average Bonchev–Trinajstić information content (AvgIpc) is 3.30. The molecule has 3 N–H and O–H groups in total. The van der Waals surface area contributed by atoms with Crippen molar-refractivity contribution >= 4 is 39.1 Å². The molecule has 172 valence electrons. The molecule has 2 aliphatic heterocycles. The monoisotopic (exact) mass is 470 g/mol. The second-order valence-corrected chi connectivity index (χ2v) is 9.70. The molecule has 0 unspecified atom stereocenters. The first-order chi connectivity index (χ1) is 15.0. The van der Waals surface area contributed by atoms with E-state index in [1.165, 1.54) is 4.90 Å². The lowest BCUT2D eigenvalue weighted by Gasteiger charge is -2.22. The smallest absolute Gasteiger partial charge is 0.356 e. The zero-order valence-corrected chi connectivity index (χ0v) is 17.8. The van der Waals surface area contributed by atoms with E-state index in [0.29, 0.717) is 24.3 Å². The Morgan fingerprint density at radius 2 is 2.09 bits per heavy atom. The number of nitrogens with one attached hydrogen (secondary N) is 3. The number of carbonyl (C=O) groups is 1. The molecule has 2 aromatic rings. The molecule has 0 bridgehead atoms. The molecule has 0 aliphatic carbocycles. The molecule has 4 rings (SSSR count). The Hall–Kier alpha value is -2.93. The fourth-order valence-corrected chi connectivity index (χ4v) is 4.31. The van der Waals surface area contributed by atoms with Gasteiger partial charge >= 0.3 is 6.18 Å². The van der Waals surface area contributed by atoms with Crippen molar-refractivity contribution in [3.63, 3.8) is 0 Å². The van der Waals surface area contributed by atoms with Gasteiger partial charge in [0.2, 0.25) is 21.9 Å². The van der Waals surface area contributed by atoms with Crippen molar-refractivity contribution in [2.75, 3.05) is 41.4 Å². The standard InChI is InChI=1S/C19H21F3N6O3S/c1-32(30,31)24-8-11-4-5-28(10-11)17-14(19(20,21)22)9-23-18(27-17)25-13-2-3-15-12(6-13)7-16(29)26-15/h2-3,6,9,11,24H,4-5,7-8,10H2,1H3,(H,26,29)(H,23,25,27)/t11-/m0/s1. The number of halogens is 3. The van der Waals surface area contributed by atoms with Crippen molar-refractivity contribution in [3.8, 4) is 0 Å². The van der Waals surface area contributed by atoms with E-state index >= 15 is 0 Å². The fourth-order valence-electron chi connectivity index (χ4n) is 3.77. The zero-order valence-electron chi connectivity index (χ0n) is 17.0. The number of aromatic nitrogens is 2. The number of sulfonamides is 1. The number of rotatable bonds is 6. The van der Waals surface area contributed by atoms with Gasteiger partial charge in [-0.25, -0.2) is 18.1 Å². The van der Waals surface area contributed by atoms with Crippen LogP contribution in [0.15, 0.2) is 24.4 Å². The van der Waals surface area contributed by atoms with E-state index in [2.05, 4.69) is 25.3 Å². The lowest BCUT2D eigenvalue weighted by Crippen LogP contribution is -2.31. The highest BCUT2D eigenvalue weighted by molar-refractivity contribution is 7.88. The summed E-state index contributed by atoms with van der Waals surface area (Å²) in [5.74, 6) is -0.532. The van der Waals surface area contributed by atoms with Gasteiger partial charge in [0.1, 0.15) is 11.4 Å². The van der Waals surface area contributed by atoms with Crippen LogP contribution in [0.5, 0.6) is 0 Å². The highest BCUT2D eigenvalue weighted by atomic mass is 32.2. The van der Waals surface area contributed by atoms with Gasteiger partial charge < -0.3 is 15.5 Å². The summed E-state index contributed by atoms with van der Waals surface area (Å²) in [4.78, 5) is 21.0. The molecule has 13 heteroatoms. The summed E-state index contributed by atoms with van der Waals surface area (Å²) in [6.45, 7) is 0.686. The van der Waals surface area contributed by atoms with Gasteiger partial charge in [-0.05, 0) is 36.1 Å². The zero-order chi connectivity index (χ0) is 23.1. The van der Waals surface area contributed by atoms with Crippen molar-refractivity contribution in [3.05, 3.63) is 35.5 Å². The summed E-state index contributed by atoms with van der Waals surface area (Å²) in [6.07, 6.45) is -2.12. The maximum Gasteiger partial charge on any atom is 0.421 e. The predicted octanol–water partition coefficient (Wildman–Crippen LogP) is 2.11. The second-order valence-electron chi connectivity index (χ2n) is 7.87. The topological polar surface area (TPSA) is 116 Å². The number of carbonyl (C=O) groups excluding carboxylic acids is 1. The number of alkyl halides is 3. The third kappa shape index (κ3) is 5.10. The van der Waals surface area contributed by atoms with Crippen molar-refractivity contribution in [1.82, 2.24) is 14.7 Å². The molecular weight excluding hydrogens is 449 g/mol. The molecule has 1 saturated heterocycles. The Morgan fingerprint density at radius 1 is 1.31 bits per heavy atom. The quantitative estimate of drug-likeness (QED) is 0.592. The molecule has 9 nitrogen and oxygen atoms in total. The number of fused-ring (bicyclic) bond motifs is 1. The highest BCUT2D eigenvalue weighted by Crippen LogP contribution is 2.37. The van der Waals surface area contributed by atoms with Crippen LogP contribution in [-0.4, -0.2) is 50.2 Å². The first kappa shape index (κ1) is 22.3. The Labute approximate surface area is 182 Å². The van der Waals surface area contributed by atoms with Gasteiger partial charge in [0.05, 0.1) is 12.7 Å². The average molecular weight is 470 g/mol. The molecule has 1 atom stereocenters. The van der Waals surface area contributed by atoms with Crippen LogP contribution in [0.25, 0.3) is 0 Å². The molecule has 3 heterocycles. The number of hydrogen-bond donors (Lipinski definition) is 3. The van der Waals surface area contributed by atoms with Crippen molar-refractivity contribution in [2.45, 2.75) is 19.0 Å². The van der Waals surface area contributed by atoms with Crippen molar-refractivity contribution in [1.29, 1.82) is 0 Å². The van der Waals surface area contributed by atoms with E-state index < -0.39 is 21.8 Å². The minimum Gasteiger partial charge on any atom is -0.356 e. The van der Waals surface area contributed by atoms with Crippen LogP contribution in [-0.2, 0) is 27.4 Å². The Morgan fingerprint density at radius 3 is 2.81 bits per heavy atom. The van der Waals surface area contributed by atoms with Crippen LogP contribution in [0.4, 0.5) is 36.3 Å². The summed E-state index contributed by atoms with van der Waals surface area (Å²) >= 11 is 0. The molecular formula is C19H21F3N6O3S. The molecule has 0 radical (unpaired) electrons. The van der Waals surface area contributed by atoms with Crippen molar-refractivity contribution in [2.24, 2.45) is 5.92 Å². The van der Waals surface area contributed by atoms with Gasteiger partial charge in [-0.15, -0.1) is 0 Å². The van der Waals surface area contributed by atoms with E-state index in [0.717, 1.165) is 18.0 Å². The van der Waals surface area contributed by atoms with E-state index in [9.17, 15) is 26.4 Å². The normalized spacial score (nSPS) is 18.6. The lowest BCUT2D eigenvalue weighted by atomic mass is 10.1. The first-order valence-electron chi connectivity index (χ1n) is 9.81. The van der Waals surface area contributed by atoms with E-state index in [-0.39, 0.29) is 43.1 Å². The number of hydrogen-bond acceptors (Lipinski definition) is 7. The summed E-state index contributed by atoms with van der Waals surface area (Å²) in [5, 5.41) is 5.61. The van der Waals surface area contributed by atoms with Gasteiger partial charge in [0.15, 0.2) is 0 Å². The molecule has 1 fully saturated rings. The van der Waals surface area contributed by atoms with Gasteiger partial charge in [-0.3, -0.25) is 4.79 Å². The maximum atomic E-state index is 13.6. The molecule has 32 heavy (non-hydrogen) atoms. The largest absolute Gasteiger partial charge is 0.421 e.